The largest absolute Gasteiger partial charge is 0.449 e. The monoisotopic (exact) mass is 405 g/mol. The van der Waals surface area contributed by atoms with Crippen molar-refractivity contribution in [1.29, 1.82) is 0 Å². The van der Waals surface area contributed by atoms with Crippen LogP contribution in [0.5, 0.6) is 0 Å². The van der Waals surface area contributed by atoms with E-state index in [9.17, 15) is 4.79 Å². The maximum atomic E-state index is 12.6. The van der Waals surface area contributed by atoms with E-state index in [0.29, 0.717) is 23.9 Å². The van der Waals surface area contributed by atoms with Gasteiger partial charge >= 0.3 is 6.09 Å². The number of carbonyl (C=O) groups is 1. The topological polar surface area (TPSA) is 38.3 Å². The fourth-order valence-electron chi connectivity index (χ4n) is 5.94. The van der Waals surface area contributed by atoms with E-state index in [-0.39, 0.29) is 12.1 Å². The van der Waals surface area contributed by atoms with Gasteiger partial charge in [0.25, 0.3) is 0 Å². The van der Waals surface area contributed by atoms with Gasteiger partial charge in [0.15, 0.2) is 0 Å². The molecular formula is C27H35NO2. The van der Waals surface area contributed by atoms with Crippen molar-refractivity contribution < 1.29 is 9.53 Å². The van der Waals surface area contributed by atoms with E-state index in [0.717, 1.165) is 5.56 Å². The van der Waals surface area contributed by atoms with E-state index in [1.54, 1.807) is 5.57 Å². The molecule has 0 aromatic heterocycles. The van der Waals surface area contributed by atoms with Gasteiger partial charge in [0.1, 0.15) is 0 Å². The molecule has 2 aromatic rings. The van der Waals surface area contributed by atoms with Crippen LogP contribution in [0.4, 0.5) is 4.79 Å². The Morgan fingerprint density at radius 2 is 1.97 bits per heavy atom. The molecule has 1 saturated carbocycles. The number of rotatable bonds is 5. The molecule has 0 heterocycles. The number of hydrogen-bond acceptors (Lipinski definition) is 2. The standard InChI is InChI=1S/C27H35NO2/c1-19(25-16-9-13-22-12-6-7-17-27(22,25)3)18-30-26(29)28-20(2)23-15-8-11-21-10-4-5-14-24(21)23/h4-5,8,10-12,14-15,19-20,25H,6-7,9,13,16-18H2,1-3H3,(H,28,29)/t19-,20-,25+,27-/m0/s1. The normalized spacial score (nSPS) is 25.7. The first kappa shape index (κ1) is 21.0. The fraction of sp³-hybridized carbons (Fsp3) is 0.519. The lowest BCUT2D eigenvalue weighted by Gasteiger charge is -2.48. The minimum Gasteiger partial charge on any atom is -0.449 e. The summed E-state index contributed by atoms with van der Waals surface area (Å²) in [4.78, 5) is 12.6. The van der Waals surface area contributed by atoms with Crippen LogP contribution in [0.2, 0.25) is 0 Å². The average Bonchev–Trinajstić information content (AvgIpc) is 2.76. The van der Waals surface area contributed by atoms with Crippen LogP contribution in [0.15, 0.2) is 54.1 Å². The Morgan fingerprint density at radius 1 is 1.17 bits per heavy atom. The van der Waals surface area contributed by atoms with Gasteiger partial charge < -0.3 is 10.1 Å². The Balaban J connectivity index is 1.36. The van der Waals surface area contributed by atoms with Gasteiger partial charge in [-0.3, -0.25) is 0 Å². The zero-order valence-corrected chi connectivity index (χ0v) is 18.6. The summed E-state index contributed by atoms with van der Waals surface area (Å²) in [7, 11) is 0. The number of ether oxygens (including phenoxy) is 1. The van der Waals surface area contributed by atoms with Gasteiger partial charge in [0.05, 0.1) is 12.6 Å². The van der Waals surface area contributed by atoms with Gasteiger partial charge in [-0.25, -0.2) is 4.79 Å². The Hall–Kier alpha value is -2.29. The molecule has 0 spiro atoms. The summed E-state index contributed by atoms with van der Waals surface area (Å²) >= 11 is 0. The molecule has 4 atom stereocenters. The minimum atomic E-state index is -0.317. The molecule has 3 heteroatoms. The van der Waals surface area contributed by atoms with Gasteiger partial charge in [0.2, 0.25) is 0 Å². The van der Waals surface area contributed by atoms with Crippen LogP contribution in [-0.4, -0.2) is 12.7 Å². The smallest absolute Gasteiger partial charge is 0.407 e. The van der Waals surface area contributed by atoms with Crippen LogP contribution in [-0.2, 0) is 4.74 Å². The Kier molecular flexibility index (Phi) is 6.17. The highest BCUT2D eigenvalue weighted by molar-refractivity contribution is 5.86. The summed E-state index contributed by atoms with van der Waals surface area (Å²) in [6.45, 7) is 7.21. The molecule has 30 heavy (non-hydrogen) atoms. The molecule has 1 fully saturated rings. The average molecular weight is 406 g/mol. The zero-order chi connectivity index (χ0) is 21.1. The minimum absolute atomic E-state index is 0.0982. The molecule has 0 unspecified atom stereocenters. The van der Waals surface area contributed by atoms with Crippen molar-refractivity contribution >= 4 is 16.9 Å². The molecule has 2 aromatic carbocycles. The van der Waals surface area contributed by atoms with E-state index in [1.165, 1.54) is 49.3 Å². The summed E-state index contributed by atoms with van der Waals surface area (Å²) < 4.78 is 5.72. The van der Waals surface area contributed by atoms with Gasteiger partial charge in [0, 0.05) is 0 Å². The summed E-state index contributed by atoms with van der Waals surface area (Å²) in [5, 5.41) is 5.40. The van der Waals surface area contributed by atoms with Gasteiger partial charge in [-0.15, -0.1) is 0 Å². The molecule has 4 rings (SSSR count). The van der Waals surface area contributed by atoms with Crippen molar-refractivity contribution in [2.75, 3.05) is 6.61 Å². The number of fused-ring (bicyclic) bond motifs is 2. The van der Waals surface area contributed by atoms with E-state index < -0.39 is 0 Å². The molecule has 1 N–H and O–H groups in total. The van der Waals surface area contributed by atoms with Gasteiger partial charge in [-0.2, -0.15) is 0 Å². The summed E-state index contributed by atoms with van der Waals surface area (Å²) in [5.41, 5.74) is 3.08. The van der Waals surface area contributed by atoms with E-state index in [2.05, 4.69) is 49.5 Å². The van der Waals surface area contributed by atoms with Crippen molar-refractivity contribution in [3.05, 3.63) is 59.7 Å². The molecule has 3 nitrogen and oxygen atoms in total. The number of nitrogens with one attached hydrogen (secondary N) is 1. The van der Waals surface area contributed by atoms with E-state index in [1.807, 2.05) is 25.1 Å². The van der Waals surface area contributed by atoms with Crippen LogP contribution in [0.3, 0.4) is 0 Å². The second-order valence-corrected chi connectivity index (χ2v) is 9.55. The Bertz CT molecular complexity index is 928. The van der Waals surface area contributed by atoms with Gasteiger partial charge in [-0.05, 0) is 79.0 Å². The van der Waals surface area contributed by atoms with Crippen LogP contribution in [0, 0.1) is 17.3 Å². The molecule has 1 amide bonds. The van der Waals surface area contributed by atoms with Crippen molar-refractivity contribution in [3.63, 3.8) is 0 Å². The number of carbonyl (C=O) groups excluding carboxylic acids is 1. The van der Waals surface area contributed by atoms with Crippen LogP contribution in [0.1, 0.15) is 70.9 Å². The van der Waals surface area contributed by atoms with Crippen LogP contribution in [0.25, 0.3) is 10.8 Å². The van der Waals surface area contributed by atoms with Crippen molar-refractivity contribution in [2.24, 2.45) is 17.3 Å². The maximum absolute atomic E-state index is 12.6. The lowest BCUT2D eigenvalue weighted by Crippen LogP contribution is -2.40. The molecule has 160 valence electrons. The van der Waals surface area contributed by atoms with Crippen molar-refractivity contribution in [3.8, 4) is 0 Å². The molecule has 0 aliphatic heterocycles. The van der Waals surface area contributed by atoms with E-state index in [4.69, 9.17) is 4.74 Å². The first-order valence-corrected chi connectivity index (χ1v) is 11.6. The van der Waals surface area contributed by atoms with Crippen molar-refractivity contribution in [2.45, 2.75) is 65.3 Å². The third kappa shape index (κ3) is 4.12. The molecule has 2 aliphatic carbocycles. The Morgan fingerprint density at radius 3 is 2.83 bits per heavy atom. The van der Waals surface area contributed by atoms with Crippen LogP contribution < -0.4 is 5.32 Å². The summed E-state index contributed by atoms with van der Waals surface area (Å²) in [6.07, 6.45) is 9.73. The maximum Gasteiger partial charge on any atom is 0.407 e. The molecule has 2 aliphatic rings. The van der Waals surface area contributed by atoms with Gasteiger partial charge in [-0.1, -0.05) is 68.0 Å². The third-order valence-electron chi connectivity index (χ3n) is 7.59. The second-order valence-electron chi connectivity index (χ2n) is 9.55. The van der Waals surface area contributed by atoms with Crippen molar-refractivity contribution in [1.82, 2.24) is 5.32 Å². The summed E-state index contributed by atoms with van der Waals surface area (Å²) in [6, 6.07) is 14.4. The first-order chi connectivity index (χ1) is 14.5. The Labute approximate surface area is 180 Å². The molecule has 0 saturated heterocycles. The quantitative estimate of drug-likeness (QED) is 0.535. The lowest BCUT2D eigenvalue weighted by molar-refractivity contribution is 0.0550. The van der Waals surface area contributed by atoms with E-state index >= 15 is 0 Å². The predicted octanol–water partition coefficient (Wildman–Crippen LogP) is 7.18. The number of allylic oxidation sites excluding steroid dienone is 2. The lowest BCUT2D eigenvalue weighted by atomic mass is 9.57. The fourth-order valence-corrected chi connectivity index (χ4v) is 5.94. The predicted molar refractivity (Wildman–Crippen MR) is 123 cm³/mol. The summed E-state index contributed by atoms with van der Waals surface area (Å²) in [5.74, 6) is 0.969. The molecule has 0 radical (unpaired) electrons. The highest BCUT2D eigenvalue weighted by atomic mass is 16.5. The third-order valence-corrected chi connectivity index (χ3v) is 7.59. The molecular weight excluding hydrogens is 370 g/mol. The highest BCUT2D eigenvalue weighted by Crippen LogP contribution is 2.53. The number of alkyl carbamates (subject to hydrolysis) is 1. The SMILES string of the molecule is C[C@H](NC(=O)OC[C@H](C)[C@H]1CCCC2=CCCC[C@@]21C)c1cccc2ccccc12. The number of amides is 1. The highest BCUT2D eigenvalue weighted by Gasteiger charge is 2.43. The number of hydrogen-bond donors (Lipinski definition) is 1. The zero-order valence-electron chi connectivity index (χ0n) is 18.6. The van der Waals surface area contributed by atoms with Crippen LogP contribution >= 0.6 is 0 Å². The number of benzene rings is 2. The second kappa shape index (κ2) is 8.83. The molecule has 0 bridgehead atoms. The first-order valence-electron chi connectivity index (χ1n) is 11.6.